The normalized spacial score (nSPS) is 11.4. The van der Waals surface area contributed by atoms with Gasteiger partial charge in [-0.15, -0.1) is 0 Å². The molecule has 0 heterocycles. The number of hydrogen-bond acceptors (Lipinski definition) is 4. The minimum absolute atomic E-state index is 0.00101. The highest BCUT2D eigenvalue weighted by atomic mass is 19.1. The maximum absolute atomic E-state index is 13.1. The van der Waals surface area contributed by atoms with Crippen molar-refractivity contribution in [2.75, 3.05) is 7.05 Å². The van der Waals surface area contributed by atoms with Gasteiger partial charge in [0, 0.05) is 12.6 Å². The zero-order valence-electron chi connectivity index (χ0n) is 12.3. The van der Waals surface area contributed by atoms with Gasteiger partial charge in [0.2, 0.25) is 12.3 Å². The van der Waals surface area contributed by atoms with Crippen molar-refractivity contribution in [3.8, 4) is 0 Å². The lowest BCUT2D eigenvalue weighted by molar-refractivity contribution is -0.128. The van der Waals surface area contributed by atoms with Crippen LogP contribution in [-0.4, -0.2) is 42.5 Å². The Hall–Kier alpha value is -2.57. The number of hydrogen-bond donors (Lipinski definition) is 1. The Morgan fingerprint density at radius 3 is 2.59 bits per heavy atom. The molecule has 0 saturated heterocycles. The zero-order valence-corrected chi connectivity index (χ0v) is 12.3. The SMILES string of the molecule is CCCC(C(=O)NC=O)N(C)C(=O)c1ccc(F)cc1C=O. The average Bonchev–Trinajstić information content (AvgIpc) is 2.51. The van der Waals surface area contributed by atoms with Crippen LogP contribution in [0.15, 0.2) is 18.2 Å². The molecule has 1 aromatic carbocycles. The van der Waals surface area contributed by atoms with E-state index < -0.39 is 23.7 Å². The first-order valence-corrected chi connectivity index (χ1v) is 6.72. The Balaban J connectivity index is 3.10. The van der Waals surface area contributed by atoms with Crippen LogP contribution in [0.25, 0.3) is 0 Å². The molecule has 1 rings (SSSR count). The summed E-state index contributed by atoms with van der Waals surface area (Å²) in [7, 11) is 1.39. The molecule has 0 radical (unpaired) electrons. The van der Waals surface area contributed by atoms with Gasteiger partial charge in [0.1, 0.15) is 11.9 Å². The molecule has 0 aliphatic heterocycles. The van der Waals surface area contributed by atoms with Crippen LogP contribution in [0.5, 0.6) is 0 Å². The number of carbonyl (C=O) groups excluding carboxylic acids is 4. The fourth-order valence-electron chi connectivity index (χ4n) is 2.09. The van der Waals surface area contributed by atoms with Crippen LogP contribution in [0.4, 0.5) is 4.39 Å². The fraction of sp³-hybridized carbons (Fsp3) is 0.333. The number of halogens is 1. The number of rotatable bonds is 7. The number of imide groups is 1. The number of carbonyl (C=O) groups is 4. The molecule has 1 atom stereocenters. The smallest absolute Gasteiger partial charge is 0.255 e. The number of likely N-dealkylation sites (N-methyl/N-ethyl adjacent to an activating group) is 1. The highest BCUT2D eigenvalue weighted by molar-refractivity contribution is 6.03. The van der Waals surface area contributed by atoms with Gasteiger partial charge in [-0.1, -0.05) is 13.3 Å². The Morgan fingerprint density at radius 2 is 2.05 bits per heavy atom. The molecule has 3 amide bonds. The Morgan fingerprint density at radius 1 is 1.36 bits per heavy atom. The second-order valence-electron chi connectivity index (χ2n) is 4.70. The van der Waals surface area contributed by atoms with E-state index in [4.69, 9.17) is 0 Å². The molecule has 1 aromatic rings. The molecule has 118 valence electrons. The first-order chi connectivity index (χ1) is 10.5. The summed E-state index contributed by atoms with van der Waals surface area (Å²) in [5, 5.41) is 2.01. The summed E-state index contributed by atoms with van der Waals surface area (Å²) in [6.45, 7) is 1.83. The van der Waals surface area contributed by atoms with Gasteiger partial charge in [-0.25, -0.2) is 4.39 Å². The van der Waals surface area contributed by atoms with Crippen molar-refractivity contribution in [3.05, 3.63) is 35.1 Å². The van der Waals surface area contributed by atoms with Gasteiger partial charge in [0.05, 0.1) is 5.56 Å². The fourth-order valence-corrected chi connectivity index (χ4v) is 2.09. The molecular formula is C15H17FN2O4. The highest BCUT2D eigenvalue weighted by Crippen LogP contribution is 2.15. The second kappa shape index (κ2) is 8.02. The lowest BCUT2D eigenvalue weighted by atomic mass is 10.0. The first kappa shape index (κ1) is 17.5. The maximum atomic E-state index is 13.1. The molecule has 0 aliphatic carbocycles. The van der Waals surface area contributed by atoms with Gasteiger partial charge in [-0.2, -0.15) is 0 Å². The predicted octanol–water partition coefficient (Wildman–Crippen LogP) is 1.15. The van der Waals surface area contributed by atoms with Crippen LogP contribution in [-0.2, 0) is 9.59 Å². The van der Waals surface area contributed by atoms with E-state index in [9.17, 15) is 23.6 Å². The number of nitrogens with zero attached hydrogens (tertiary/aromatic N) is 1. The third-order valence-corrected chi connectivity index (χ3v) is 3.22. The highest BCUT2D eigenvalue weighted by Gasteiger charge is 2.27. The third kappa shape index (κ3) is 3.97. The van der Waals surface area contributed by atoms with Crippen LogP contribution in [0.2, 0.25) is 0 Å². The standard InChI is InChI=1S/C15H17FN2O4/c1-3-4-13(14(21)17-9-20)18(2)15(22)12-6-5-11(16)7-10(12)8-19/h5-9,13H,3-4H2,1-2H3,(H,17,20,21). The van der Waals surface area contributed by atoms with Crippen molar-refractivity contribution in [2.45, 2.75) is 25.8 Å². The van der Waals surface area contributed by atoms with E-state index in [-0.39, 0.29) is 17.5 Å². The van der Waals surface area contributed by atoms with Crippen molar-refractivity contribution in [1.82, 2.24) is 10.2 Å². The molecule has 1 unspecified atom stereocenters. The Kier molecular flexibility index (Phi) is 6.37. The number of aldehydes is 1. The summed E-state index contributed by atoms with van der Waals surface area (Å²) in [6.07, 6.45) is 1.58. The quantitative estimate of drug-likeness (QED) is 0.766. The molecule has 1 N–H and O–H groups in total. The molecule has 0 spiro atoms. The lowest BCUT2D eigenvalue weighted by Gasteiger charge is -2.26. The van der Waals surface area contributed by atoms with Crippen molar-refractivity contribution in [2.24, 2.45) is 0 Å². The summed E-state index contributed by atoms with van der Waals surface area (Å²) in [4.78, 5) is 46.8. The molecule has 0 saturated carbocycles. The molecule has 6 nitrogen and oxygen atoms in total. The monoisotopic (exact) mass is 308 g/mol. The molecule has 0 aromatic heterocycles. The number of nitrogens with one attached hydrogen (secondary N) is 1. The second-order valence-corrected chi connectivity index (χ2v) is 4.70. The van der Waals surface area contributed by atoms with Crippen molar-refractivity contribution in [3.63, 3.8) is 0 Å². The summed E-state index contributed by atoms with van der Waals surface area (Å²) >= 11 is 0. The van der Waals surface area contributed by atoms with Gasteiger partial charge in [0.15, 0.2) is 6.29 Å². The van der Waals surface area contributed by atoms with E-state index in [0.29, 0.717) is 19.1 Å². The summed E-state index contributed by atoms with van der Waals surface area (Å²) in [6, 6.07) is 2.36. The molecular weight excluding hydrogens is 291 g/mol. The van der Waals surface area contributed by atoms with Crippen molar-refractivity contribution < 1.29 is 23.6 Å². The van der Waals surface area contributed by atoms with Crippen LogP contribution in [0.3, 0.4) is 0 Å². The van der Waals surface area contributed by atoms with Gasteiger partial charge in [-0.05, 0) is 24.6 Å². The number of amides is 3. The van der Waals surface area contributed by atoms with E-state index in [1.54, 1.807) is 0 Å². The minimum atomic E-state index is -0.854. The van der Waals surface area contributed by atoms with E-state index in [2.05, 4.69) is 0 Å². The van der Waals surface area contributed by atoms with Crippen LogP contribution in [0, 0.1) is 5.82 Å². The molecule has 22 heavy (non-hydrogen) atoms. The number of benzene rings is 1. The van der Waals surface area contributed by atoms with E-state index in [1.807, 2.05) is 12.2 Å². The third-order valence-electron chi connectivity index (χ3n) is 3.22. The topological polar surface area (TPSA) is 83.6 Å². The summed E-state index contributed by atoms with van der Waals surface area (Å²) in [5.41, 5.74) is -0.0956. The van der Waals surface area contributed by atoms with Gasteiger partial charge >= 0.3 is 0 Å². The van der Waals surface area contributed by atoms with Gasteiger partial charge < -0.3 is 4.90 Å². The summed E-state index contributed by atoms with van der Waals surface area (Å²) < 4.78 is 13.1. The van der Waals surface area contributed by atoms with E-state index in [0.717, 1.165) is 17.0 Å². The average molecular weight is 308 g/mol. The molecule has 0 bridgehead atoms. The van der Waals surface area contributed by atoms with Crippen LogP contribution in [0.1, 0.15) is 40.5 Å². The van der Waals surface area contributed by atoms with Crippen LogP contribution < -0.4 is 5.32 Å². The van der Waals surface area contributed by atoms with Gasteiger partial charge in [0.25, 0.3) is 5.91 Å². The predicted molar refractivity (Wildman–Crippen MR) is 76.8 cm³/mol. The van der Waals surface area contributed by atoms with Crippen molar-refractivity contribution >= 4 is 24.5 Å². The van der Waals surface area contributed by atoms with Crippen molar-refractivity contribution in [1.29, 1.82) is 0 Å². The summed E-state index contributed by atoms with van der Waals surface area (Å²) in [5.74, 6) is -1.84. The Labute approximate surface area is 127 Å². The zero-order chi connectivity index (χ0) is 16.7. The van der Waals surface area contributed by atoms with Crippen LogP contribution >= 0.6 is 0 Å². The largest absolute Gasteiger partial charge is 0.330 e. The first-order valence-electron chi connectivity index (χ1n) is 6.72. The van der Waals surface area contributed by atoms with E-state index in [1.165, 1.54) is 13.1 Å². The molecule has 7 heteroatoms. The van der Waals surface area contributed by atoms with E-state index >= 15 is 0 Å². The molecule has 0 fully saturated rings. The molecule has 0 aliphatic rings. The Bertz CT molecular complexity index is 589. The maximum Gasteiger partial charge on any atom is 0.255 e. The lowest BCUT2D eigenvalue weighted by Crippen LogP contribution is -2.47. The minimum Gasteiger partial charge on any atom is -0.330 e. The van der Waals surface area contributed by atoms with Gasteiger partial charge in [-0.3, -0.25) is 24.5 Å².